The third-order valence-corrected chi connectivity index (χ3v) is 4.28. The molecule has 1 aliphatic rings. The Kier molecular flexibility index (Phi) is 8.70. The van der Waals surface area contributed by atoms with Crippen LogP contribution in [0.5, 0.6) is 0 Å². The summed E-state index contributed by atoms with van der Waals surface area (Å²) in [5.41, 5.74) is 0. The maximum atomic E-state index is 3.50. The molecule has 108 valence electrons. The number of rotatable bonds is 9. The first-order valence-electron chi connectivity index (χ1n) is 8.22. The zero-order valence-corrected chi connectivity index (χ0v) is 12.9. The number of unbranched alkanes of at least 4 members (excludes halogenated alkanes) is 7. The molecule has 0 aromatic heterocycles. The van der Waals surface area contributed by atoms with Gasteiger partial charge < -0.3 is 5.32 Å². The van der Waals surface area contributed by atoms with Crippen molar-refractivity contribution in [1.82, 2.24) is 10.2 Å². The fourth-order valence-corrected chi connectivity index (χ4v) is 3.04. The molecule has 0 aromatic rings. The van der Waals surface area contributed by atoms with E-state index in [4.69, 9.17) is 0 Å². The van der Waals surface area contributed by atoms with Crippen molar-refractivity contribution in [3.63, 3.8) is 0 Å². The van der Waals surface area contributed by atoms with Crippen molar-refractivity contribution in [3.8, 4) is 0 Å². The monoisotopic (exact) mass is 254 g/mol. The number of hydrogen-bond donors (Lipinski definition) is 1. The van der Waals surface area contributed by atoms with E-state index in [0.717, 1.165) is 12.1 Å². The molecule has 0 saturated carbocycles. The Labute approximate surface area is 115 Å². The Morgan fingerprint density at radius 3 is 1.89 bits per heavy atom. The minimum Gasteiger partial charge on any atom is -0.314 e. The average molecular weight is 254 g/mol. The van der Waals surface area contributed by atoms with Gasteiger partial charge in [-0.2, -0.15) is 0 Å². The van der Waals surface area contributed by atoms with Gasteiger partial charge in [-0.3, -0.25) is 4.90 Å². The zero-order valence-electron chi connectivity index (χ0n) is 12.9. The van der Waals surface area contributed by atoms with Crippen LogP contribution in [0, 0.1) is 0 Å². The van der Waals surface area contributed by atoms with Crippen LogP contribution in [0.3, 0.4) is 0 Å². The molecule has 1 saturated heterocycles. The van der Waals surface area contributed by atoms with Gasteiger partial charge in [-0.15, -0.1) is 0 Å². The largest absolute Gasteiger partial charge is 0.314 e. The highest BCUT2D eigenvalue weighted by Gasteiger charge is 2.23. The number of nitrogens with zero attached hydrogens (tertiary/aromatic N) is 1. The van der Waals surface area contributed by atoms with Crippen LogP contribution in [-0.4, -0.2) is 36.6 Å². The van der Waals surface area contributed by atoms with E-state index in [2.05, 4.69) is 31.0 Å². The Morgan fingerprint density at radius 2 is 1.33 bits per heavy atom. The lowest BCUT2D eigenvalue weighted by molar-refractivity contribution is 0.114. The molecule has 1 heterocycles. The minimum atomic E-state index is 0.721. The van der Waals surface area contributed by atoms with Gasteiger partial charge in [-0.25, -0.2) is 0 Å². The van der Waals surface area contributed by atoms with E-state index in [1.165, 1.54) is 71.0 Å². The second-order valence-corrected chi connectivity index (χ2v) is 6.07. The van der Waals surface area contributed by atoms with Crippen molar-refractivity contribution in [1.29, 1.82) is 0 Å². The number of piperazine rings is 1. The maximum absolute atomic E-state index is 3.50. The van der Waals surface area contributed by atoms with Gasteiger partial charge in [0.1, 0.15) is 0 Å². The van der Waals surface area contributed by atoms with Crippen molar-refractivity contribution in [2.75, 3.05) is 19.6 Å². The molecule has 0 amide bonds. The summed E-state index contributed by atoms with van der Waals surface area (Å²) in [5.74, 6) is 0. The molecule has 1 N–H and O–H groups in total. The molecule has 1 aliphatic heterocycles. The molecule has 18 heavy (non-hydrogen) atoms. The van der Waals surface area contributed by atoms with Crippen LogP contribution in [0.4, 0.5) is 0 Å². The molecule has 2 nitrogen and oxygen atoms in total. The van der Waals surface area contributed by atoms with E-state index >= 15 is 0 Å². The fraction of sp³-hybridized carbons (Fsp3) is 1.00. The van der Waals surface area contributed by atoms with Gasteiger partial charge in [0.15, 0.2) is 0 Å². The Hall–Kier alpha value is -0.0800. The summed E-state index contributed by atoms with van der Waals surface area (Å²) in [4.78, 5) is 2.69. The van der Waals surface area contributed by atoms with Crippen LogP contribution in [0.1, 0.15) is 72.1 Å². The van der Waals surface area contributed by atoms with E-state index < -0.39 is 0 Å². The van der Waals surface area contributed by atoms with Crippen molar-refractivity contribution in [3.05, 3.63) is 0 Å². The summed E-state index contributed by atoms with van der Waals surface area (Å²) < 4.78 is 0. The van der Waals surface area contributed by atoms with Crippen LogP contribution in [0.15, 0.2) is 0 Å². The molecule has 1 fully saturated rings. The lowest BCUT2D eigenvalue weighted by atomic mass is 10.1. The molecule has 0 radical (unpaired) electrons. The lowest BCUT2D eigenvalue weighted by Gasteiger charge is -2.39. The van der Waals surface area contributed by atoms with Gasteiger partial charge in [0, 0.05) is 25.2 Å². The third kappa shape index (κ3) is 6.19. The van der Waals surface area contributed by atoms with Crippen molar-refractivity contribution in [2.24, 2.45) is 0 Å². The van der Waals surface area contributed by atoms with Crippen molar-refractivity contribution in [2.45, 2.75) is 84.2 Å². The van der Waals surface area contributed by atoms with E-state index in [9.17, 15) is 0 Å². The Bertz CT molecular complexity index is 184. The molecule has 0 aliphatic carbocycles. The molecule has 2 unspecified atom stereocenters. The van der Waals surface area contributed by atoms with E-state index in [-0.39, 0.29) is 0 Å². The van der Waals surface area contributed by atoms with Gasteiger partial charge in [0.05, 0.1) is 0 Å². The topological polar surface area (TPSA) is 15.3 Å². The second kappa shape index (κ2) is 9.80. The second-order valence-electron chi connectivity index (χ2n) is 6.07. The molecular formula is C16H34N2. The van der Waals surface area contributed by atoms with Gasteiger partial charge >= 0.3 is 0 Å². The normalized spacial score (nSPS) is 25.5. The summed E-state index contributed by atoms with van der Waals surface area (Å²) >= 11 is 0. The van der Waals surface area contributed by atoms with E-state index in [1.54, 1.807) is 0 Å². The third-order valence-electron chi connectivity index (χ3n) is 4.28. The van der Waals surface area contributed by atoms with Gasteiger partial charge in [0.25, 0.3) is 0 Å². The zero-order chi connectivity index (χ0) is 13.2. The lowest BCUT2D eigenvalue weighted by Crippen LogP contribution is -2.55. The molecule has 2 atom stereocenters. The quantitative estimate of drug-likeness (QED) is 0.629. The highest BCUT2D eigenvalue weighted by atomic mass is 15.2. The Balaban J connectivity index is 1.96. The first-order chi connectivity index (χ1) is 8.75. The van der Waals surface area contributed by atoms with E-state index in [0.29, 0.717) is 0 Å². The van der Waals surface area contributed by atoms with Crippen molar-refractivity contribution < 1.29 is 0 Å². The molecule has 0 spiro atoms. The number of nitrogens with one attached hydrogen (secondary N) is 1. The molecule has 0 bridgehead atoms. The smallest absolute Gasteiger partial charge is 0.0195 e. The predicted molar refractivity (Wildman–Crippen MR) is 81.1 cm³/mol. The highest BCUT2D eigenvalue weighted by Crippen LogP contribution is 2.13. The van der Waals surface area contributed by atoms with Crippen molar-refractivity contribution >= 4 is 0 Å². The standard InChI is InChI=1S/C16H34N2/c1-4-5-6-7-8-9-10-11-12-18-15(2)13-17-14-16(18)3/h15-17H,4-14H2,1-3H3. The Morgan fingerprint density at radius 1 is 0.833 bits per heavy atom. The first kappa shape index (κ1) is 16.0. The molecule has 2 heteroatoms. The summed E-state index contributed by atoms with van der Waals surface area (Å²) in [6.45, 7) is 10.6. The summed E-state index contributed by atoms with van der Waals surface area (Å²) in [5, 5.41) is 3.50. The van der Waals surface area contributed by atoms with Crippen LogP contribution < -0.4 is 5.32 Å². The van der Waals surface area contributed by atoms with Gasteiger partial charge in [0.2, 0.25) is 0 Å². The summed E-state index contributed by atoms with van der Waals surface area (Å²) in [7, 11) is 0. The van der Waals surface area contributed by atoms with Crippen LogP contribution in [0.2, 0.25) is 0 Å². The predicted octanol–water partition coefficient (Wildman–Crippen LogP) is 3.81. The van der Waals surface area contributed by atoms with E-state index in [1.807, 2.05) is 0 Å². The number of hydrogen-bond acceptors (Lipinski definition) is 2. The minimum absolute atomic E-state index is 0.721. The highest BCUT2D eigenvalue weighted by molar-refractivity contribution is 4.82. The van der Waals surface area contributed by atoms with Crippen LogP contribution in [-0.2, 0) is 0 Å². The van der Waals surface area contributed by atoms with Gasteiger partial charge in [-0.1, -0.05) is 51.9 Å². The first-order valence-corrected chi connectivity index (χ1v) is 8.22. The maximum Gasteiger partial charge on any atom is 0.0195 e. The van der Waals surface area contributed by atoms with Crippen LogP contribution in [0.25, 0.3) is 0 Å². The fourth-order valence-electron chi connectivity index (χ4n) is 3.04. The summed E-state index contributed by atoms with van der Waals surface area (Å²) in [6.07, 6.45) is 11.4. The molecule has 0 aromatic carbocycles. The SMILES string of the molecule is CCCCCCCCCCN1C(C)CNCC1C. The average Bonchev–Trinajstić information content (AvgIpc) is 2.35. The van der Waals surface area contributed by atoms with Gasteiger partial charge in [-0.05, 0) is 26.8 Å². The summed E-state index contributed by atoms with van der Waals surface area (Å²) in [6, 6.07) is 1.44. The molecular weight excluding hydrogens is 220 g/mol. The van der Waals surface area contributed by atoms with Crippen LogP contribution >= 0.6 is 0 Å². The molecule has 1 rings (SSSR count).